The highest BCUT2D eigenvalue weighted by Crippen LogP contribution is 2.39. The van der Waals surface area contributed by atoms with E-state index in [4.69, 9.17) is 16.3 Å². The molecule has 2 heterocycles. The molecule has 0 saturated heterocycles. The molecule has 51 heavy (non-hydrogen) atoms. The van der Waals surface area contributed by atoms with E-state index in [-0.39, 0.29) is 24.1 Å². The molecule has 0 fully saturated rings. The van der Waals surface area contributed by atoms with Crippen LogP contribution >= 0.6 is 34.7 Å². The lowest BCUT2D eigenvalue weighted by atomic mass is 10.0. The van der Waals surface area contributed by atoms with E-state index >= 15 is 0 Å². The summed E-state index contributed by atoms with van der Waals surface area (Å²) in [6.45, 7) is 6.17. The van der Waals surface area contributed by atoms with Crippen LogP contribution in [0, 0.1) is 0 Å². The normalized spacial score (nSPS) is 13.1. The summed E-state index contributed by atoms with van der Waals surface area (Å²) in [6.07, 6.45) is 2.53. The number of amides is 4. The molecule has 13 heteroatoms. The van der Waals surface area contributed by atoms with Crippen molar-refractivity contribution in [2.75, 3.05) is 23.8 Å². The maximum Gasteiger partial charge on any atom is 0.341 e. The van der Waals surface area contributed by atoms with E-state index in [0.29, 0.717) is 58.3 Å². The molecule has 1 aromatic heterocycles. The zero-order valence-corrected chi connectivity index (χ0v) is 30.7. The van der Waals surface area contributed by atoms with Crippen LogP contribution in [0.2, 0.25) is 5.02 Å². The minimum atomic E-state index is -0.544. The summed E-state index contributed by atoms with van der Waals surface area (Å²) in [7, 11) is 0. The predicted molar refractivity (Wildman–Crippen MR) is 202 cm³/mol. The summed E-state index contributed by atoms with van der Waals surface area (Å²) in [5.74, 6) is -1.83. The van der Waals surface area contributed by atoms with Crippen molar-refractivity contribution in [2.24, 2.45) is 0 Å². The molecule has 1 atom stereocenters. The van der Waals surface area contributed by atoms with Crippen molar-refractivity contribution in [3.05, 3.63) is 117 Å². The number of ether oxygens (including phenoxy) is 1. The molecular weight excluding hydrogens is 708 g/mol. The highest BCUT2D eigenvalue weighted by Gasteiger charge is 2.31. The SMILES string of the molecule is CCOC(=O)c1c(NC(=O)C(CC)Sc2cccc(NC(=O)/C(=C/c3ccc(Cl)cc3)NC(=O)c3ccccc3)c2)sc2c1CCN(C(C)=O)C2. The number of thioether (sulfide) groups is 1. The number of fused-ring (bicyclic) bond motifs is 1. The van der Waals surface area contributed by atoms with Gasteiger partial charge in [-0.2, -0.15) is 0 Å². The summed E-state index contributed by atoms with van der Waals surface area (Å²) in [5.41, 5.74) is 2.69. The number of anilines is 2. The van der Waals surface area contributed by atoms with Gasteiger partial charge in [-0.3, -0.25) is 19.2 Å². The van der Waals surface area contributed by atoms with Gasteiger partial charge in [0, 0.05) is 39.5 Å². The number of carbonyl (C=O) groups is 5. The number of carbonyl (C=O) groups excluding carboxylic acids is 5. The van der Waals surface area contributed by atoms with Crippen molar-refractivity contribution in [1.29, 1.82) is 0 Å². The van der Waals surface area contributed by atoms with Crippen molar-refractivity contribution in [2.45, 2.75) is 50.3 Å². The number of hydrogen-bond acceptors (Lipinski definition) is 8. The Hall–Kier alpha value is -4.91. The Morgan fingerprint density at radius 2 is 1.73 bits per heavy atom. The van der Waals surface area contributed by atoms with E-state index in [1.165, 1.54) is 30.0 Å². The molecule has 0 radical (unpaired) electrons. The minimum Gasteiger partial charge on any atom is -0.462 e. The summed E-state index contributed by atoms with van der Waals surface area (Å²) >= 11 is 8.65. The number of halogens is 1. The molecule has 0 aliphatic carbocycles. The number of thiophene rings is 1. The maximum absolute atomic E-state index is 13.7. The largest absolute Gasteiger partial charge is 0.462 e. The van der Waals surface area contributed by atoms with Crippen LogP contribution in [0.1, 0.15) is 63.9 Å². The van der Waals surface area contributed by atoms with Gasteiger partial charge in [0.05, 0.1) is 24.0 Å². The van der Waals surface area contributed by atoms with Crippen LogP contribution in [0.5, 0.6) is 0 Å². The molecular formula is C38H37ClN4O6S2. The summed E-state index contributed by atoms with van der Waals surface area (Å²) < 4.78 is 5.34. The zero-order chi connectivity index (χ0) is 36.5. The van der Waals surface area contributed by atoms with Crippen LogP contribution in [-0.2, 0) is 32.1 Å². The summed E-state index contributed by atoms with van der Waals surface area (Å²) in [6, 6.07) is 22.5. The molecule has 264 valence electrons. The van der Waals surface area contributed by atoms with Gasteiger partial charge in [-0.1, -0.05) is 54.9 Å². The molecule has 1 aliphatic heterocycles. The first-order valence-electron chi connectivity index (χ1n) is 16.4. The molecule has 1 unspecified atom stereocenters. The van der Waals surface area contributed by atoms with Gasteiger partial charge in [-0.15, -0.1) is 23.1 Å². The Bertz CT molecular complexity index is 1960. The Balaban J connectivity index is 1.32. The van der Waals surface area contributed by atoms with Crippen LogP contribution in [0.3, 0.4) is 0 Å². The molecule has 3 N–H and O–H groups in total. The molecule has 0 saturated carbocycles. The second-order valence-corrected chi connectivity index (χ2v) is 14.4. The number of esters is 1. The van der Waals surface area contributed by atoms with Gasteiger partial charge in [0.1, 0.15) is 10.7 Å². The van der Waals surface area contributed by atoms with Crippen LogP contribution < -0.4 is 16.0 Å². The van der Waals surface area contributed by atoms with E-state index in [1.54, 1.807) is 90.7 Å². The van der Waals surface area contributed by atoms with Crippen LogP contribution in [0.25, 0.3) is 6.08 Å². The van der Waals surface area contributed by atoms with Crippen molar-refractivity contribution < 1.29 is 28.7 Å². The second kappa shape index (κ2) is 17.3. The third-order valence-corrected chi connectivity index (χ3v) is 10.7. The Labute approximate surface area is 309 Å². The zero-order valence-electron chi connectivity index (χ0n) is 28.3. The summed E-state index contributed by atoms with van der Waals surface area (Å²) in [5, 5.41) is 8.97. The number of nitrogens with one attached hydrogen (secondary N) is 3. The van der Waals surface area contributed by atoms with E-state index in [0.717, 1.165) is 15.3 Å². The molecule has 4 aromatic rings. The fraction of sp³-hybridized carbons (Fsp3) is 0.237. The highest BCUT2D eigenvalue weighted by atomic mass is 35.5. The fourth-order valence-electron chi connectivity index (χ4n) is 5.37. The second-order valence-electron chi connectivity index (χ2n) is 11.5. The third kappa shape index (κ3) is 9.66. The smallest absolute Gasteiger partial charge is 0.341 e. The topological polar surface area (TPSA) is 134 Å². The van der Waals surface area contributed by atoms with E-state index in [9.17, 15) is 24.0 Å². The number of hydrogen-bond donors (Lipinski definition) is 3. The number of rotatable bonds is 12. The van der Waals surface area contributed by atoms with Gasteiger partial charge in [-0.25, -0.2) is 4.79 Å². The highest BCUT2D eigenvalue weighted by molar-refractivity contribution is 8.00. The van der Waals surface area contributed by atoms with E-state index in [2.05, 4.69) is 16.0 Å². The molecule has 10 nitrogen and oxygen atoms in total. The molecule has 1 aliphatic rings. The van der Waals surface area contributed by atoms with Gasteiger partial charge >= 0.3 is 5.97 Å². The van der Waals surface area contributed by atoms with Gasteiger partial charge in [0.25, 0.3) is 11.8 Å². The predicted octanol–water partition coefficient (Wildman–Crippen LogP) is 7.40. The Kier molecular flexibility index (Phi) is 12.7. The van der Waals surface area contributed by atoms with Crippen LogP contribution in [0.15, 0.2) is 89.5 Å². The molecule has 3 aromatic carbocycles. The standard InChI is InChI=1S/C38H37ClN4O6S2/c1-4-31(36(47)42-37-33(38(48)49-5-2)29-18-19-43(23(3)44)22-32(29)51-37)50-28-13-9-12-27(21-28)40-35(46)30(20-24-14-16-26(39)17-15-24)41-34(45)25-10-7-6-8-11-25/h6-17,20-21,31H,4-5,18-19,22H2,1-3H3,(H,40,46)(H,41,45)(H,42,47)/b30-20-. The maximum atomic E-state index is 13.7. The molecule has 5 rings (SSSR count). The lowest BCUT2D eigenvalue weighted by Crippen LogP contribution is -2.34. The first-order chi connectivity index (χ1) is 24.6. The molecule has 0 bridgehead atoms. The lowest BCUT2D eigenvalue weighted by molar-refractivity contribution is -0.129. The minimum absolute atomic E-state index is 0.0255. The van der Waals surface area contributed by atoms with Crippen molar-refractivity contribution >= 4 is 81.1 Å². The van der Waals surface area contributed by atoms with Crippen LogP contribution in [-0.4, -0.2) is 52.9 Å². The van der Waals surface area contributed by atoms with Gasteiger partial charge in [-0.05, 0) is 79.4 Å². The van der Waals surface area contributed by atoms with Crippen LogP contribution in [0.4, 0.5) is 10.7 Å². The average Bonchev–Trinajstić information content (AvgIpc) is 3.48. The molecule has 4 amide bonds. The monoisotopic (exact) mass is 744 g/mol. The molecule has 0 spiro atoms. The Morgan fingerprint density at radius 1 is 0.980 bits per heavy atom. The Morgan fingerprint density at radius 3 is 2.41 bits per heavy atom. The van der Waals surface area contributed by atoms with Crippen molar-refractivity contribution in [1.82, 2.24) is 10.2 Å². The van der Waals surface area contributed by atoms with Gasteiger partial charge in [0.15, 0.2) is 0 Å². The summed E-state index contributed by atoms with van der Waals surface area (Å²) in [4.78, 5) is 68.6. The lowest BCUT2D eigenvalue weighted by Gasteiger charge is -2.25. The first kappa shape index (κ1) is 37.3. The van der Waals surface area contributed by atoms with Crippen molar-refractivity contribution in [3.63, 3.8) is 0 Å². The number of nitrogens with zero attached hydrogens (tertiary/aromatic N) is 1. The first-order valence-corrected chi connectivity index (χ1v) is 18.4. The van der Waals surface area contributed by atoms with E-state index in [1.807, 2.05) is 13.0 Å². The fourth-order valence-corrected chi connectivity index (χ4v) is 7.77. The third-order valence-electron chi connectivity index (χ3n) is 7.96. The van der Waals surface area contributed by atoms with E-state index < -0.39 is 23.0 Å². The van der Waals surface area contributed by atoms with Gasteiger partial charge in [0.2, 0.25) is 11.8 Å². The van der Waals surface area contributed by atoms with Gasteiger partial charge < -0.3 is 25.6 Å². The average molecular weight is 745 g/mol. The van der Waals surface area contributed by atoms with Crippen molar-refractivity contribution in [3.8, 4) is 0 Å². The quantitative estimate of drug-likeness (QED) is 0.0782. The number of benzene rings is 3.